The van der Waals surface area contributed by atoms with Gasteiger partial charge in [0.25, 0.3) is 5.91 Å². The van der Waals surface area contributed by atoms with Crippen molar-refractivity contribution in [3.63, 3.8) is 0 Å². The quantitative estimate of drug-likeness (QED) is 0.693. The summed E-state index contributed by atoms with van der Waals surface area (Å²) in [7, 11) is 1.73. The van der Waals surface area contributed by atoms with Crippen LogP contribution >= 0.6 is 0 Å². The van der Waals surface area contributed by atoms with Crippen LogP contribution in [0.15, 0.2) is 42.5 Å². The molecule has 0 aromatic heterocycles. The Labute approximate surface area is 197 Å². The smallest absolute Gasteiger partial charge is 0.409 e. The first kappa shape index (κ1) is 22.1. The lowest BCUT2D eigenvalue weighted by Gasteiger charge is -2.43. The van der Waals surface area contributed by atoms with Gasteiger partial charge in [0.1, 0.15) is 0 Å². The molecule has 3 aliphatic heterocycles. The SMILES string of the molecule is CCOC(=O)N1CCN(C(=O)[C@H]2c3ccccc3C(=O)N(C)[C@@H]2c2ccc3c(c2)OCO3)CC1. The number of nitrogens with zero attached hydrogens (tertiary/aromatic N) is 3. The lowest BCUT2D eigenvalue weighted by atomic mass is 9.79. The standard InChI is InChI=1S/C25H27N3O6/c1-3-32-25(31)28-12-10-27(11-13-28)24(30)21-17-6-4-5-7-18(17)23(29)26(2)22(21)16-8-9-19-20(14-16)34-15-33-19/h4-9,14,21-22H,3,10-13,15H2,1-2H3/t21-,22+/m0/s1. The molecule has 0 aliphatic carbocycles. The molecule has 1 fully saturated rings. The number of benzene rings is 2. The molecule has 0 saturated carbocycles. The van der Waals surface area contributed by atoms with Crippen molar-refractivity contribution in [3.05, 3.63) is 59.2 Å². The molecule has 1 saturated heterocycles. The van der Waals surface area contributed by atoms with Gasteiger partial charge in [-0.3, -0.25) is 9.59 Å². The second-order valence-corrected chi connectivity index (χ2v) is 8.55. The number of hydrogen-bond acceptors (Lipinski definition) is 6. The van der Waals surface area contributed by atoms with E-state index in [0.717, 1.165) is 5.56 Å². The fourth-order valence-corrected chi connectivity index (χ4v) is 4.98. The Morgan fingerprint density at radius 3 is 2.47 bits per heavy atom. The van der Waals surface area contributed by atoms with E-state index >= 15 is 0 Å². The number of ether oxygens (including phenoxy) is 3. The normalized spacial score (nSPS) is 21.4. The van der Waals surface area contributed by atoms with Crippen molar-refractivity contribution in [2.45, 2.75) is 18.9 Å². The van der Waals surface area contributed by atoms with Gasteiger partial charge < -0.3 is 28.9 Å². The van der Waals surface area contributed by atoms with Gasteiger partial charge in [0.05, 0.1) is 18.6 Å². The topological polar surface area (TPSA) is 88.6 Å². The first-order valence-corrected chi connectivity index (χ1v) is 11.5. The summed E-state index contributed by atoms with van der Waals surface area (Å²) in [6.07, 6.45) is -0.360. The monoisotopic (exact) mass is 465 g/mol. The van der Waals surface area contributed by atoms with Crippen LogP contribution in [0.1, 0.15) is 40.4 Å². The molecule has 5 rings (SSSR count). The van der Waals surface area contributed by atoms with Crippen molar-refractivity contribution >= 4 is 17.9 Å². The molecule has 0 bridgehead atoms. The van der Waals surface area contributed by atoms with Crippen molar-refractivity contribution in [2.24, 2.45) is 0 Å². The van der Waals surface area contributed by atoms with Gasteiger partial charge in [-0.1, -0.05) is 24.3 Å². The lowest BCUT2D eigenvalue weighted by molar-refractivity contribution is -0.136. The largest absolute Gasteiger partial charge is 0.454 e. The maximum Gasteiger partial charge on any atom is 0.409 e. The average molecular weight is 466 g/mol. The molecule has 178 valence electrons. The number of carbonyl (C=O) groups excluding carboxylic acids is 3. The second kappa shape index (κ2) is 8.89. The van der Waals surface area contributed by atoms with Crippen LogP contribution in [0.25, 0.3) is 0 Å². The number of fused-ring (bicyclic) bond motifs is 2. The summed E-state index contributed by atoms with van der Waals surface area (Å²) in [6.45, 7) is 3.85. The van der Waals surface area contributed by atoms with E-state index in [4.69, 9.17) is 14.2 Å². The number of rotatable bonds is 3. The Hall–Kier alpha value is -3.75. The van der Waals surface area contributed by atoms with Crippen molar-refractivity contribution in [1.29, 1.82) is 0 Å². The van der Waals surface area contributed by atoms with Crippen LogP contribution in [0.2, 0.25) is 0 Å². The van der Waals surface area contributed by atoms with Crippen LogP contribution < -0.4 is 9.47 Å². The summed E-state index contributed by atoms with van der Waals surface area (Å²) in [5.74, 6) is 0.458. The summed E-state index contributed by atoms with van der Waals surface area (Å²) >= 11 is 0. The number of hydrogen-bond donors (Lipinski definition) is 0. The van der Waals surface area contributed by atoms with Crippen molar-refractivity contribution in [2.75, 3.05) is 46.6 Å². The van der Waals surface area contributed by atoms with Gasteiger partial charge in [0.2, 0.25) is 12.7 Å². The van der Waals surface area contributed by atoms with E-state index in [0.29, 0.717) is 55.4 Å². The Morgan fingerprint density at radius 2 is 1.71 bits per heavy atom. The summed E-state index contributed by atoms with van der Waals surface area (Å²) in [4.78, 5) is 44.3. The number of amides is 3. The molecule has 9 nitrogen and oxygen atoms in total. The minimum atomic E-state index is -0.589. The first-order chi connectivity index (χ1) is 16.5. The predicted octanol–water partition coefficient (Wildman–Crippen LogP) is 2.63. The van der Waals surface area contributed by atoms with Crippen LogP contribution in [0.3, 0.4) is 0 Å². The van der Waals surface area contributed by atoms with E-state index in [9.17, 15) is 14.4 Å². The maximum atomic E-state index is 14.0. The fraction of sp³-hybridized carbons (Fsp3) is 0.400. The minimum absolute atomic E-state index is 0.0713. The van der Waals surface area contributed by atoms with Crippen LogP contribution in [0.4, 0.5) is 4.79 Å². The van der Waals surface area contributed by atoms with E-state index in [1.807, 2.05) is 36.4 Å². The Balaban J connectivity index is 1.48. The van der Waals surface area contributed by atoms with Crippen LogP contribution in [-0.2, 0) is 9.53 Å². The highest BCUT2D eigenvalue weighted by molar-refractivity contribution is 6.01. The number of carbonyl (C=O) groups is 3. The Morgan fingerprint density at radius 1 is 1.00 bits per heavy atom. The summed E-state index contributed by atoms with van der Waals surface area (Å²) in [6, 6.07) is 12.3. The molecule has 3 amide bonds. The van der Waals surface area contributed by atoms with E-state index in [1.54, 1.807) is 34.7 Å². The van der Waals surface area contributed by atoms with E-state index in [2.05, 4.69) is 0 Å². The minimum Gasteiger partial charge on any atom is -0.454 e. The van der Waals surface area contributed by atoms with Crippen molar-refractivity contribution < 1.29 is 28.6 Å². The zero-order valence-electron chi connectivity index (χ0n) is 19.2. The first-order valence-electron chi connectivity index (χ1n) is 11.5. The van der Waals surface area contributed by atoms with E-state index in [-0.39, 0.29) is 24.7 Å². The molecule has 3 heterocycles. The average Bonchev–Trinajstić information content (AvgIpc) is 3.34. The zero-order chi connectivity index (χ0) is 23.8. The number of piperazine rings is 1. The molecule has 0 spiro atoms. The van der Waals surface area contributed by atoms with Gasteiger partial charge in [-0.05, 0) is 36.2 Å². The molecule has 0 N–H and O–H groups in total. The maximum absolute atomic E-state index is 14.0. The third-order valence-corrected chi connectivity index (χ3v) is 6.70. The molecule has 0 radical (unpaired) electrons. The molecular formula is C25H27N3O6. The van der Waals surface area contributed by atoms with Gasteiger partial charge >= 0.3 is 6.09 Å². The summed E-state index contributed by atoms with van der Waals surface area (Å²) < 4.78 is 16.1. The summed E-state index contributed by atoms with van der Waals surface area (Å²) in [5.41, 5.74) is 2.05. The zero-order valence-corrected chi connectivity index (χ0v) is 19.2. The van der Waals surface area contributed by atoms with Crippen molar-refractivity contribution in [3.8, 4) is 11.5 Å². The highest BCUT2D eigenvalue weighted by Gasteiger charge is 2.45. The molecule has 9 heteroatoms. The van der Waals surface area contributed by atoms with Crippen molar-refractivity contribution in [1.82, 2.24) is 14.7 Å². The lowest BCUT2D eigenvalue weighted by Crippen LogP contribution is -2.54. The molecule has 34 heavy (non-hydrogen) atoms. The Kier molecular flexibility index (Phi) is 5.77. The Bertz CT molecular complexity index is 1130. The highest BCUT2D eigenvalue weighted by Crippen LogP contribution is 2.45. The van der Waals surface area contributed by atoms with Gasteiger partial charge in [0, 0.05) is 38.8 Å². The molecule has 2 aromatic carbocycles. The van der Waals surface area contributed by atoms with Gasteiger partial charge in [0.15, 0.2) is 11.5 Å². The third-order valence-electron chi connectivity index (χ3n) is 6.70. The fourth-order valence-electron chi connectivity index (χ4n) is 4.98. The predicted molar refractivity (Wildman–Crippen MR) is 122 cm³/mol. The molecule has 3 aliphatic rings. The second-order valence-electron chi connectivity index (χ2n) is 8.55. The van der Waals surface area contributed by atoms with Crippen LogP contribution in [-0.4, -0.2) is 79.2 Å². The molecule has 2 atom stereocenters. The molecule has 0 unspecified atom stereocenters. The summed E-state index contributed by atoms with van der Waals surface area (Å²) in [5, 5.41) is 0. The van der Waals surface area contributed by atoms with Crippen LogP contribution in [0, 0.1) is 0 Å². The van der Waals surface area contributed by atoms with Gasteiger partial charge in [-0.15, -0.1) is 0 Å². The molecule has 2 aromatic rings. The molecular weight excluding hydrogens is 438 g/mol. The highest BCUT2D eigenvalue weighted by atomic mass is 16.7. The van der Waals surface area contributed by atoms with Crippen LogP contribution in [0.5, 0.6) is 11.5 Å². The van der Waals surface area contributed by atoms with E-state index in [1.165, 1.54) is 0 Å². The van der Waals surface area contributed by atoms with E-state index < -0.39 is 12.0 Å². The van der Waals surface area contributed by atoms with Gasteiger partial charge in [-0.25, -0.2) is 4.79 Å². The third kappa shape index (κ3) is 3.70. The number of likely N-dealkylation sites (N-methyl/N-ethyl adjacent to an activating group) is 1. The van der Waals surface area contributed by atoms with Gasteiger partial charge in [-0.2, -0.15) is 0 Å².